The highest BCUT2D eigenvalue weighted by Gasteiger charge is 2.12. The van der Waals surface area contributed by atoms with Gasteiger partial charge >= 0.3 is 0 Å². The van der Waals surface area contributed by atoms with Gasteiger partial charge in [-0.05, 0) is 20.8 Å². The van der Waals surface area contributed by atoms with Crippen molar-refractivity contribution in [3.05, 3.63) is 11.4 Å². The SMILES string of the molecule is CCOC(CN)CCOc1c(C)nn(C)c1C. The monoisotopic (exact) mass is 241 g/mol. The highest BCUT2D eigenvalue weighted by atomic mass is 16.5. The summed E-state index contributed by atoms with van der Waals surface area (Å²) < 4.78 is 13.0. The van der Waals surface area contributed by atoms with Gasteiger partial charge in [-0.1, -0.05) is 0 Å². The van der Waals surface area contributed by atoms with Gasteiger partial charge in [-0.25, -0.2) is 0 Å². The fraction of sp³-hybridized carbons (Fsp3) is 0.750. The van der Waals surface area contributed by atoms with Crippen molar-refractivity contribution in [1.82, 2.24) is 9.78 Å². The molecule has 0 aliphatic rings. The number of hydrogen-bond donors (Lipinski definition) is 1. The lowest BCUT2D eigenvalue weighted by molar-refractivity contribution is 0.0525. The molecule has 98 valence electrons. The molecule has 0 aliphatic heterocycles. The second-order valence-electron chi connectivity index (χ2n) is 4.07. The Morgan fingerprint density at radius 3 is 2.59 bits per heavy atom. The zero-order valence-electron chi connectivity index (χ0n) is 11.2. The number of ether oxygens (including phenoxy) is 2. The maximum atomic E-state index is 5.75. The molecule has 17 heavy (non-hydrogen) atoms. The fourth-order valence-corrected chi connectivity index (χ4v) is 1.76. The van der Waals surface area contributed by atoms with E-state index in [-0.39, 0.29) is 6.10 Å². The van der Waals surface area contributed by atoms with E-state index in [1.165, 1.54) is 0 Å². The van der Waals surface area contributed by atoms with Gasteiger partial charge in [0.1, 0.15) is 5.69 Å². The molecule has 0 bridgehead atoms. The molecular formula is C12H23N3O2. The number of hydrogen-bond acceptors (Lipinski definition) is 4. The highest BCUT2D eigenvalue weighted by molar-refractivity contribution is 5.31. The van der Waals surface area contributed by atoms with Crippen molar-refractivity contribution in [3.63, 3.8) is 0 Å². The molecule has 0 aliphatic carbocycles. The van der Waals surface area contributed by atoms with Crippen LogP contribution in [0, 0.1) is 13.8 Å². The van der Waals surface area contributed by atoms with E-state index in [0.717, 1.165) is 23.6 Å². The summed E-state index contributed by atoms with van der Waals surface area (Å²) in [4.78, 5) is 0. The molecule has 0 radical (unpaired) electrons. The van der Waals surface area contributed by atoms with E-state index < -0.39 is 0 Å². The van der Waals surface area contributed by atoms with Gasteiger partial charge in [-0.15, -0.1) is 0 Å². The smallest absolute Gasteiger partial charge is 0.162 e. The van der Waals surface area contributed by atoms with Crippen LogP contribution in [0.25, 0.3) is 0 Å². The van der Waals surface area contributed by atoms with E-state index in [1.54, 1.807) is 0 Å². The lowest BCUT2D eigenvalue weighted by Crippen LogP contribution is -2.25. The zero-order valence-corrected chi connectivity index (χ0v) is 11.2. The quantitative estimate of drug-likeness (QED) is 0.778. The summed E-state index contributed by atoms with van der Waals surface area (Å²) in [6, 6.07) is 0. The van der Waals surface area contributed by atoms with Gasteiger partial charge in [0.05, 0.1) is 18.4 Å². The van der Waals surface area contributed by atoms with Crippen molar-refractivity contribution >= 4 is 0 Å². The molecular weight excluding hydrogens is 218 g/mol. The summed E-state index contributed by atoms with van der Waals surface area (Å²) >= 11 is 0. The normalized spacial score (nSPS) is 12.8. The van der Waals surface area contributed by atoms with Gasteiger partial charge in [-0.2, -0.15) is 5.10 Å². The van der Waals surface area contributed by atoms with Crippen LogP contribution >= 0.6 is 0 Å². The molecule has 0 fully saturated rings. The van der Waals surface area contributed by atoms with E-state index in [0.29, 0.717) is 19.8 Å². The van der Waals surface area contributed by atoms with Crippen molar-refractivity contribution in [2.45, 2.75) is 33.3 Å². The summed E-state index contributed by atoms with van der Waals surface area (Å²) in [5, 5.41) is 4.30. The molecule has 0 saturated carbocycles. The van der Waals surface area contributed by atoms with E-state index in [4.69, 9.17) is 15.2 Å². The summed E-state index contributed by atoms with van der Waals surface area (Å²) in [6.07, 6.45) is 0.885. The predicted molar refractivity (Wildman–Crippen MR) is 67.3 cm³/mol. The van der Waals surface area contributed by atoms with Gasteiger partial charge in [0.2, 0.25) is 0 Å². The Hall–Kier alpha value is -1.07. The maximum Gasteiger partial charge on any atom is 0.162 e. The van der Waals surface area contributed by atoms with E-state index in [2.05, 4.69) is 5.10 Å². The topological polar surface area (TPSA) is 62.3 Å². The number of aromatic nitrogens is 2. The highest BCUT2D eigenvalue weighted by Crippen LogP contribution is 2.21. The third-order valence-corrected chi connectivity index (χ3v) is 2.79. The Balaban J connectivity index is 2.45. The van der Waals surface area contributed by atoms with Crippen LogP contribution in [0.5, 0.6) is 5.75 Å². The Labute approximate surface area is 103 Å². The number of aryl methyl sites for hydroxylation is 2. The molecule has 1 unspecified atom stereocenters. The first-order chi connectivity index (χ1) is 8.10. The van der Waals surface area contributed by atoms with Crippen molar-refractivity contribution in [2.75, 3.05) is 19.8 Å². The number of nitrogens with zero attached hydrogens (tertiary/aromatic N) is 2. The van der Waals surface area contributed by atoms with Crippen molar-refractivity contribution in [1.29, 1.82) is 0 Å². The predicted octanol–water partition coefficient (Wildman–Crippen LogP) is 1.17. The van der Waals surface area contributed by atoms with Crippen molar-refractivity contribution < 1.29 is 9.47 Å². The second kappa shape index (κ2) is 6.61. The van der Waals surface area contributed by atoms with Gasteiger partial charge in [0.15, 0.2) is 5.75 Å². The Kier molecular flexibility index (Phi) is 5.44. The summed E-state index contributed by atoms with van der Waals surface area (Å²) in [5.41, 5.74) is 7.57. The summed E-state index contributed by atoms with van der Waals surface area (Å²) in [5.74, 6) is 0.875. The van der Waals surface area contributed by atoms with Gasteiger partial charge in [0.25, 0.3) is 0 Å². The van der Waals surface area contributed by atoms with Gasteiger partial charge < -0.3 is 15.2 Å². The first kappa shape index (κ1) is 14.0. The van der Waals surface area contributed by atoms with E-state index in [1.807, 2.05) is 32.5 Å². The maximum absolute atomic E-state index is 5.75. The molecule has 1 aromatic rings. The molecule has 2 N–H and O–H groups in total. The first-order valence-electron chi connectivity index (χ1n) is 6.04. The number of rotatable bonds is 7. The van der Waals surface area contributed by atoms with Crippen LogP contribution in [0.4, 0.5) is 0 Å². The molecule has 0 aromatic carbocycles. The van der Waals surface area contributed by atoms with Crippen LogP contribution < -0.4 is 10.5 Å². The van der Waals surface area contributed by atoms with Crippen molar-refractivity contribution in [2.24, 2.45) is 12.8 Å². The molecule has 0 saturated heterocycles. The van der Waals surface area contributed by atoms with Crippen LogP contribution in [-0.2, 0) is 11.8 Å². The van der Waals surface area contributed by atoms with Crippen molar-refractivity contribution in [3.8, 4) is 5.75 Å². The standard InChI is InChI=1S/C12H23N3O2/c1-5-16-11(8-13)6-7-17-12-9(2)14-15(4)10(12)3/h11H,5-8,13H2,1-4H3. The Morgan fingerprint density at radius 1 is 1.41 bits per heavy atom. The molecule has 1 aromatic heterocycles. The lowest BCUT2D eigenvalue weighted by Gasteiger charge is -2.15. The molecule has 1 rings (SSSR count). The molecule has 1 atom stereocenters. The Morgan fingerprint density at radius 2 is 2.12 bits per heavy atom. The second-order valence-corrected chi connectivity index (χ2v) is 4.07. The number of nitrogens with two attached hydrogens (primary N) is 1. The minimum absolute atomic E-state index is 0.0808. The average molecular weight is 241 g/mol. The van der Waals surface area contributed by atoms with E-state index >= 15 is 0 Å². The minimum atomic E-state index is 0.0808. The lowest BCUT2D eigenvalue weighted by atomic mass is 10.2. The van der Waals surface area contributed by atoms with Gasteiger partial charge in [0, 0.05) is 26.6 Å². The molecule has 5 heteroatoms. The van der Waals surface area contributed by atoms with Crippen LogP contribution in [-0.4, -0.2) is 35.6 Å². The average Bonchev–Trinajstić information content (AvgIpc) is 2.54. The van der Waals surface area contributed by atoms with Crippen LogP contribution in [0.2, 0.25) is 0 Å². The summed E-state index contributed by atoms with van der Waals surface area (Å²) in [7, 11) is 1.91. The largest absolute Gasteiger partial charge is 0.490 e. The van der Waals surface area contributed by atoms with Crippen LogP contribution in [0.15, 0.2) is 0 Å². The van der Waals surface area contributed by atoms with Crippen LogP contribution in [0.3, 0.4) is 0 Å². The Bertz CT molecular complexity index is 350. The summed E-state index contributed by atoms with van der Waals surface area (Å²) in [6.45, 7) is 7.74. The fourth-order valence-electron chi connectivity index (χ4n) is 1.76. The molecule has 0 amide bonds. The van der Waals surface area contributed by atoms with Gasteiger partial charge in [-0.3, -0.25) is 4.68 Å². The van der Waals surface area contributed by atoms with E-state index in [9.17, 15) is 0 Å². The third kappa shape index (κ3) is 3.71. The molecule has 1 heterocycles. The van der Waals surface area contributed by atoms with Crippen LogP contribution in [0.1, 0.15) is 24.7 Å². The first-order valence-corrected chi connectivity index (χ1v) is 6.04. The molecule has 0 spiro atoms. The third-order valence-electron chi connectivity index (χ3n) is 2.79. The zero-order chi connectivity index (χ0) is 12.8. The molecule has 5 nitrogen and oxygen atoms in total. The minimum Gasteiger partial charge on any atom is -0.490 e.